The summed E-state index contributed by atoms with van der Waals surface area (Å²) < 4.78 is 5.98. The summed E-state index contributed by atoms with van der Waals surface area (Å²) in [6, 6.07) is 10.1. The molecule has 0 bridgehead atoms. The Morgan fingerprint density at radius 3 is 2.50 bits per heavy atom. The average molecular weight is 270 g/mol. The van der Waals surface area contributed by atoms with Crippen molar-refractivity contribution >= 4 is 0 Å². The summed E-state index contributed by atoms with van der Waals surface area (Å²) in [5, 5.41) is 0. The molecule has 0 fully saturated rings. The van der Waals surface area contributed by atoms with Gasteiger partial charge in [0.05, 0.1) is 0 Å². The molecule has 0 radical (unpaired) electrons. The van der Waals surface area contributed by atoms with Crippen molar-refractivity contribution in [1.29, 1.82) is 0 Å². The molecule has 1 heterocycles. The van der Waals surface area contributed by atoms with Gasteiger partial charge in [0.2, 0.25) is 5.88 Å². The van der Waals surface area contributed by atoms with E-state index in [1.807, 2.05) is 19.1 Å². The van der Waals surface area contributed by atoms with Crippen LogP contribution in [-0.2, 0) is 0 Å². The third kappa shape index (κ3) is 3.36. The Balaban J connectivity index is 2.34. The van der Waals surface area contributed by atoms with E-state index >= 15 is 0 Å². The molecule has 0 saturated heterocycles. The molecular formula is C17H22N2O. The first-order chi connectivity index (χ1) is 9.47. The third-order valence-corrected chi connectivity index (χ3v) is 3.29. The second kappa shape index (κ2) is 6.06. The predicted molar refractivity (Wildman–Crippen MR) is 82.2 cm³/mol. The first-order valence-electron chi connectivity index (χ1n) is 6.97. The van der Waals surface area contributed by atoms with E-state index in [2.05, 4.69) is 44.0 Å². The zero-order valence-electron chi connectivity index (χ0n) is 12.6. The van der Waals surface area contributed by atoms with E-state index in [9.17, 15) is 0 Å². The molecule has 1 atom stereocenters. The normalized spacial score (nSPS) is 12.5. The molecule has 0 aliphatic carbocycles. The Morgan fingerprint density at radius 2 is 1.85 bits per heavy atom. The molecular weight excluding hydrogens is 248 g/mol. The van der Waals surface area contributed by atoms with Crippen molar-refractivity contribution in [3.63, 3.8) is 0 Å². The molecule has 0 saturated carbocycles. The molecule has 3 heteroatoms. The Labute approximate surface area is 120 Å². The molecule has 3 nitrogen and oxygen atoms in total. The number of ether oxygens (including phenoxy) is 1. The fraction of sp³-hybridized carbons (Fsp3) is 0.353. The summed E-state index contributed by atoms with van der Waals surface area (Å²) in [5.74, 6) is 1.86. The highest BCUT2D eigenvalue weighted by Crippen LogP contribution is 2.31. The monoisotopic (exact) mass is 270 g/mol. The minimum atomic E-state index is -0.0255. The smallest absolute Gasteiger partial charge is 0.219 e. The van der Waals surface area contributed by atoms with Gasteiger partial charge in [0.1, 0.15) is 5.75 Å². The highest BCUT2D eigenvalue weighted by atomic mass is 16.5. The number of nitrogens with two attached hydrogens (primary N) is 1. The van der Waals surface area contributed by atoms with Crippen LogP contribution in [0, 0.1) is 6.92 Å². The third-order valence-electron chi connectivity index (χ3n) is 3.29. The first-order valence-corrected chi connectivity index (χ1v) is 6.97. The van der Waals surface area contributed by atoms with Crippen LogP contribution in [-0.4, -0.2) is 4.98 Å². The van der Waals surface area contributed by atoms with Gasteiger partial charge in [0.25, 0.3) is 0 Å². The standard InChI is InChI=1S/C17H22N2O/c1-11(2)15-6-5-12(3)9-16(15)20-17-10-14(13(4)18)7-8-19-17/h5-11,13H,18H2,1-4H3/t13-/m0/s1. The van der Waals surface area contributed by atoms with Gasteiger partial charge in [0.15, 0.2) is 0 Å². The van der Waals surface area contributed by atoms with Crippen molar-refractivity contribution in [2.75, 3.05) is 0 Å². The molecule has 2 rings (SSSR count). The fourth-order valence-electron chi connectivity index (χ4n) is 2.08. The second-order valence-electron chi connectivity index (χ2n) is 5.51. The molecule has 0 unspecified atom stereocenters. The number of hydrogen-bond donors (Lipinski definition) is 1. The summed E-state index contributed by atoms with van der Waals surface area (Å²) in [6.45, 7) is 8.32. The van der Waals surface area contributed by atoms with Gasteiger partial charge in [-0.2, -0.15) is 0 Å². The molecule has 20 heavy (non-hydrogen) atoms. The lowest BCUT2D eigenvalue weighted by molar-refractivity contribution is 0.452. The summed E-state index contributed by atoms with van der Waals surface area (Å²) in [6.07, 6.45) is 1.73. The minimum absolute atomic E-state index is 0.0255. The molecule has 106 valence electrons. The van der Waals surface area contributed by atoms with Gasteiger partial charge >= 0.3 is 0 Å². The molecule has 1 aromatic carbocycles. The van der Waals surface area contributed by atoms with Crippen molar-refractivity contribution < 1.29 is 4.74 Å². The zero-order valence-corrected chi connectivity index (χ0v) is 12.6. The van der Waals surface area contributed by atoms with Crippen LogP contribution in [0.4, 0.5) is 0 Å². The quantitative estimate of drug-likeness (QED) is 0.899. The maximum absolute atomic E-state index is 5.98. The summed E-state index contributed by atoms with van der Waals surface area (Å²) in [5.41, 5.74) is 9.27. The van der Waals surface area contributed by atoms with E-state index in [1.165, 1.54) is 11.1 Å². The maximum Gasteiger partial charge on any atom is 0.219 e. The number of benzene rings is 1. The fourth-order valence-corrected chi connectivity index (χ4v) is 2.08. The second-order valence-corrected chi connectivity index (χ2v) is 5.51. The van der Waals surface area contributed by atoms with Crippen molar-refractivity contribution in [1.82, 2.24) is 4.98 Å². The number of aryl methyl sites for hydroxylation is 1. The van der Waals surface area contributed by atoms with Crippen LogP contribution in [0.25, 0.3) is 0 Å². The number of pyridine rings is 1. The molecule has 0 aliphatic rings. The van der Waals surface area contributed by atoms with Crippen LogP contribution >= 0.6 is 0 Å². The Hall–Kier alpha value is -1.87. The van der Waals surface area contributed by atoms with Crippen LogP contribution in [0.15, 0.2) is 36.5 Å². The van der Waals surface area contributed by atoms with Crippen LogP contribution in [0.5, 0.6) is 11.6 Å². The topological polar surface area (TPSA) is 48.1 Å². The van der Waals surface area contributed by atoms with Crippen LogP contribution in [0.1, 0.15) is 49.4 Å². The van der Waals surface area contributed by atoms with Gasteiger partial charge < -0.3 is 10.5 Å². The molecule has 0 aliphatic heterocycles. The number of rotatable bonds is 4. The van der Waals surface area contributed by atoms with Crippen molar-refractivity contribution in [2.24, 2.45) is 5.73 Å². The predicted octanol–water partition coefficient (Wildman–Crippen LogP) is 4.33. The van der Waals surface area contributed by atoms with Crippen molar-refractivity contribution in [3.8, 4) is 11.6 Å². The van der Waals surface area contributed by atoms with E-state index < -0.39 is 0 Å². The number of hydrogen-bond acceptors (Lipinski definition) is 3. The molecule has 2 N–H and O–H groups in total. The van der Waals surface area contributed by atoms with Crippen molar-refractivity contribution in [2.45, 2.75) is 39.7 Å². The van der Waals surface area contributed by atoms with E-state index in [-0.39, 0.29) is 6.04 Å². The molecule has 0 amide bonds. The minimum Gasteiger partial charge on any atom is -0.439 e. The van der Waals surface area contributed by atoms with E-state index in [0.717, 1.165) is 11.3 Å². The summed E-state index contributed by atoms with van der Waals surface area (Å²) >= 11 is 0. The van der Waals surface area contributed by atoms with Gasteiger partial charge in [-0.1, -0.05) is 26.0 Å². The van der Waals surface area contributed by atoms with Crippen molar-refractivity contribution in [3.05, 3.63) is 53.2 Å². The van der Waals surface area contributed by atoms with Gasteiger partial charge in [-0.3, -0.25) is 0 Å². The van der Waals surface area contributed by atoms with Crippen LogP contribution in [0.3, 0.4) is 0 Å². The molecule has 2 aromatic rings. The van der Waals surface area contributed by atoms with Crippen LogP contribution in [0.2, 0.25) is 0 Å². The van der Waals surface area contributed by atoms with Gasteiger partial charge in [0, 0.05) is 18.3 Å². The molecule has 0 spiro atoms. The van der Waals surface area contributed by atoms with E-state index in [1.54, 1.807) is 6.20 Å². The Kier molecular flexibility index (Phi) is 4.40. The highest BCUT2D eigenvalue weighted by molar-refractivity contribution is 5.41. The van der Waals surface area contributed by atoms with Gasteiger partial charge in [-0.25, -0.2) is 4.98 Å². The van der Waals surface area contributed by atoms with Gasteiger partial charge in [-0.05, 0) is 48.6 Å². The summed E-state index contributed by atoms with van der Waals surface area (Å²) in [4.78, 5) is 4.27. The lowest BCUT2D eigenvalue weighted by atomic mass is 10.0. The number of nitrogens with zero attached hydrogens (tertiary/aromatic N) is 1. The van der Waals surface area contributed by atoms with Gasteiger partial charge in [-0.15, -0.1) is 0 Å². The van der Waals surface area contributed by atoms with E-state index in [4.69, 9.17) is 10.5 Å². The summed E-state index contributed by atoms with van der Waals surface area (Å²) in [7, 11) is 0. The SMILES string of the molecule is Cc1ccc(C(C)C)c(Oc2cc([C@H](C)N)ccn2)c1. The lowest BCUT2D eigenvalue weighted by Gasteiger charge is -2.15. The maximum atomic E-state index is 5.98. The Morgan fingerprint density at radius 1 is 1.10 bits per heavy atom. The lowest BCUT2D eigenvalue weighted by Crippen LogP contribution is -2.05. The zero-order chi connectivity index (χ0) is 14.7. The molecule has 1 aromatic heterocycles. The Bertz CT molecular complexity index is 591. The van der Waals surface area contributed by atoms with Crippen LogP contribution < -0.4 is 10.5 Å². The highest BCUT2D eigenvalue weighted by Gasteiger charge is 2.10. The first kappa shape index (κ1) is 14.5. The number of aromatic nitrogens is 1. The largest absolute Gasteiger partial charge is 0.439 e. The average Bonchev–Trinajstić information content (AvgIpc) is 2.38. The van der Waals surface area contributed by atoms with E-state index in [0.29, 0.717) is 11.8 Å².